The first kappa shape index (κ1) is 25.3. The Labute approximate surface area is 200 Å². The van der Waals surface area contributed by atoms with Crippen LogP contribution in [0.3, 0.4) is 0 Å². The summed E-state index contributed by atoms with van der Waals surface area (Å²) < 4.78 is 10.9. The maximum atomic E-state index is 13.1. The Hall–Kier alpha value is -3.35. The normalized spacial score (nSPS) is 15.9. The molecule has 1 fully saturated rings. The Bertz CT molecular complexity index is 988. The summed E-state index contributed by atoms with van der Waals surface area (Å²) in [6.45, 7) is 5.64. The Kier molecular flexibility index (Phi) is 7.97. The summed E-state index contributed by atoms with van der Waals surface area (Å²) in [5.41, 5.74) is 1.19. The lowest BCUT2D eigenvalue weighted by atomic mass is 9.78. The first-order valence-corrected chi connectivity index (χ1v) is 11.6. The molecule has 1 saturated carbocycles. The largest absolute Gasteiger partial charge is 0.480 e. The van der Waals surface area contributed by atoms with Crippen LogP contribution in [0.4, 0.5) is 4.79 Å². The second kappa shape index (κ2) is 10.7. The molecule has 0 aliphatic heterocycles. The molecule has 2 aromatic rings. The van der Waals surface area contributed by atoms with E-state index in [4.69, 9.17) is 9.47 Å². The van der Waals surface area contributed by atoms with Gasteiger partial charge in [0.25, 0.3) is 0 Å². The summed E-state index contributed by atoms with van der Waals surface area (Å²) >= 11 is 0. The van der Waals surface area contributed by atoms with Crippen molar-refractivity contribution in [2.45, 2.75) is 76.5 Å². The highest BCUT2D eigenvalue weighted by molar-refractivity contribution is 5.84. The van der Waals surface area contributed by atoms with E-state index in [1.54, 1.807) is 0 Å². The minimum absolute atomic E-state index is 0.0560. The first-order valence-electron chi connectivity index (χ1n) is 11.6. The fourth-order valence-electron chi connectivity index (χ4n) is 4.27. The molecule has 1 aliphatic carbocycles. The van der Waals surface area contributed by atoms with Crippen molar-refractivity contribution in [3.63, 3.8) is 0 Å². The van der Waals surface area contributed by atoms with Crippen molar-refractivity contribution in [1.82, 2.24) is 5.32 Å². The van der Waals surface area contributed by atoms with Gasteiger partial charge in [0, 0.05) is 6.42 Å². The molecular formula is C27H33NO6. The molecule has 1 aliphatic rings. The smallest absolute Gasteiger partial charge is 0.408 e. The van der Waals surface area contributed by atoms with E-state index in [2.05, 4.69) is 5.32 Å². The molecular weight excluding hydrogens is 434 g/mol. The van der Waals surface area contributed by atoms with Crippen LogP contribution in [0.15, 0.2) is 54.6 Å². The van der Waals surface area contributed by atoms with E-state index < -0.39 is 29.1 Å². The molecule has 7 heteroatoms. The number of rotatable bonds is 8. The number of carboxylic acids is 1. The quantitative estimate of drug-likeness (QED) is 0.543. The van der Waals surface area contributed by atoms with Crippen LogP contribution in [0.2, 0.25) is 0 Å². The summed E-state index contributed by atoms with van der Waals surface area (Å²) in [6, 6.07) is 15.4. The number of aliphatic carboxylic acids is 1. The third kappa shape index (κ3) is 6.59. The van der Waals surface area contributed by atoms with Gasteiger partial charge >= 0.3 is 18.0 Å². The van der Waals surface area contributed by atoms with Crippen LogP contribution in [0.1, 0.15) is 63.1 Å². The van der Waals surface area contributed by atoms with E-state index in [0.29, 0.717) is 0 Å². The zero-order valence-electron chi connectivity index (χ0n) is 20.0. The van der Waals surface area contributed by atoms with Gasteiger partial charge < -0.3 is 19.9 Å². The molecule has 0 saturated heterocycles. The number of hydrogen-bond donors (Lipinski definition) is 2. The number of ether oxygens (including phenoxy) is 2. The number of benzene rings is 2. The van der Waals surface area contributed by atoms with Crippen molar-refractivity contribution in [2.75, 3.05) is 0 Å². The molecule has 1 atom stereocenters. The van der Waals surface area contributed by atoms with Gasteiger partial charge in [-0.25, -0.2) is 9.59 Å². The molecule has 1 unspecified atom stereocenters. The van der Waals surface area contributed by atoms with Gasteiger partial charge in [-0.1, -0.05) is 67.4 Å². The predicted octanol–water partition coefficient (Wildman–Crippen LogP) is 4.76. The SMILES string of the molecule is CC(C)(C)OC(=O)C1(c2ccc(CC(NC(=O)OCc3ccccc3)C(=O)O)cc2)CCCC1. The standard InChI is InChI=1S/C27H33NO6/c1-26(2,3)34-24(31)27(15-7-8-16-27)21-13-11-19(12-14-21)17-22(23(29)30)28-25(32)33-18-20-9-5-4-6-10-20/h4-6,9-14,22H,7-8,15-18H2,1-3H3,(H,28,32)(H,29,30). The van der Waals surface area contributed by atoms with Gasteiger partial charge in [0.1, 0.15) is 18.2 Å². The molecule has 182 valence electrons. The van der Waals surface area contributed by atoms with E-state index in [0.717, 1.165) is 42.4 Å². The minimum atomic E-state index is -1.15. The molecule has 7 nitrogen and oxygen atoms in total. The number of alkyl carbamates (subject to hydrolysis) is 1. The van der Waals surface area contributed by atoms with Crippen LogP contribution in [-0.2, 0) is 37.5 Å². The van der Waals surface area contributed by atoms with Gasteiger partial charge in [0.2, 0.25) is 0 Å². The summed E-state index contributed by atoms with van der Waals surface area (Å²) in [6.07, 6.45) is 2.67. The second-order valence-electron chi connectivity index (χ2n) is 9.79. The number of amides is 1. The highest BCUT2D eigenvalue weighted by Gasteiger charge is 2.45. The lowest BCUT2D eigenvalue weighted by Gasteiger charge is -2.31. The number of carbonyl (C=O) groups excluding carboxylic acids is 2. The van der Waals surface area contributed by atoms with Crippen molar-refractivity contribution >= 4 is 18.0 Å². The van der Waals surface area contributed by atoms with E-state index in [1.165, 1.54) is 0 Å². The molecule has 0 bridgehead atoms. The summed E-state index contributed by atoms with van der Waals surface area (Å²) in [5, 5.41) is 12.0. The molecule has 0 spiro atoms. The zero-order valence-corrected chi connectivity index (χ0v) is 20.0. The zero-order chi connectivity index (χ0) is 24.8. The number of carboxylic acid groups (broad SMARTS) is 1. The lowest BCUT2D eigenvalue weighted by molar-refractivity contribution is -0.162. The van der Waals surface area contributed by atoms with Gasteiger partial charge in [0.05, 0.1) is 5.41 Å². The average Bonchev–Trinajstić information content (AvgIpc) is 3.29. The second-order valence-corrected chi connectivity index (χ2v) is 9.79. The molecule has 2 N–H and O–H groups in total. The number of esters is 1. The maximum Gasteiger partial charge on any atom is 0.408 e. The molecule has 0 heterocycles. The Balaban J connectivity index is 1.65. The minimum Gasteiger partial charge on any atom is -0.480 e. The summed E-state index contributed by atoms with van der Waals surface area (Å²) in [4.78, 5) is 36.9. The van der Waals surface area contributed by atoms with Gasteiger partial charge in [0.15, 0.2) is 0 Å². The van der Waals surface area contributed by atoms with Crippen molar-refractivity contribution in [3.8, 4) is 0 Å². The van der Waals surface area contributed by atoms with Gasteiger partial charge in [-0.3, -0.25) is 4.79 Å². The van der Waals surface area contributed by atoms with Crippen LogP contribution in [-0.4, -0.2) is 34.8 Å². The van der Waals surface area contributed by atoms with E-state index in [1.807, 2.05) is 75.4 Å². The highest BCUT2D eigenvalue weighted by atomic mass is 16.6. The van der Waals surface area contributed by atoms with E-state index >= 15 is 0 Å². The Morgan fingerprint density at radius 2 is 1.59 bits per heavy atom. The Morgan fingerprint density at radius 3 is 2.15 bits per heavy atom. The monoisotopic (exact) mass is 467 g/mol. The first-order chi connectivity index (χ1) is 16.1. The van der Waals surface area contributed by atoms with Crippen LogP contribution in [0, 0.1) is 0 Å². The van der Waals surface area contributed by atoms with Gasteiger partial charge in [-0.05, 0) is 50.3 Å². The molecule has 0 radical (unpaired) electrons. The fraction of sp³-hybridized carbons (Fsp3) is 0.444. The number of nitrogens with one attached hydrogen (secondary N) is 1. The van der Waals surface area contributed by atoms with Crippen molar-refractivity contribution < 1.29 is 29.0 Å². The van der Waals surface area contributed by atoms with Crippen molar-refractivity contribution in [3.05, 3.63) is 71.3 Å². The fourth-order valence-corrected chi connectivity index (χ4v) is 4.27. The number of hydrogen-bond acceptors (Lipinski definition) is 5. The third-order valence-corrected chi connectivity index (χ3v) is 6.00. The highest BCUT2D eigenvalue weighted by Crippen LogP contribution is 2.43. The van der Waals surface area contributed by atoms with Crippen molar-refractivity contribution in [2.24, 2.45) is 0 Å². The lowest BCUT2D eigenvalue weighted by Crippen LogP contribution is -2.42. The molecule has 3 rings (SSSR count). The molecule has 2 aromatic carbocycles. The van der Waals surface area contributed by atoms with Gasteiger partial charge in [-0.2, -0.15) is 0 Å². The maximum absolute atomic E-state index is 13.1. The van der Waals surface area contributed by atoms with Crippen molar-refractivity contribution in [1.29, 1.82) is 0 Å². The topological polar surface area (TPSA) is 102 Å². The Morgan fingerprint density at radius 1 is 0.971 bits per heavy atom. The summed E-state index contributed by atoms with van der Waals surface area (Å²) in [5.74, 6) is -1.36. The average molecular weight is 468 g/mol. The molecule has 34 heavy (non-hydrogen) atoms. The summed E-state index contributed by atoms with van der Waals surface area (Å²) in [7, 11) is 0. The van der Waals surface area contributed by atoms with E-state index in [-0.39, 0.29) is 19.0 Å². The van der Waals surface area contributed by atoms with Crippen LogP contribution < -0.4 is 5.32 Å². The third-order valence-electron chi connectivity index (χ3n) is 6.00. The van der Waals surface area contributed by atoms with E-state index in [9.17, 15) is 19.5 Å². The van der Waals surface area contributed by atoms with Crippen LogP contribution in [0.5, 0.6) is 0 Å². The van der Waals surface area contributed by atoms with Crippen LogP contribution >= 0.6 is 0 Å². The van der Waals surface area contributed by atoms with Gasteiger partial charge in [-0.15, -0.1) is 0 Å². The predicted molar refractivity (Wildman–Crippen MR) is 127 cm³/mol. The molecule has 1 amide bonds. The van der Waals surface area contributed by atoms with Crippen LogP contribution in [0.25, 0.3) is 0 Å². The molecule has 0 aromatic heterocycles. The number of carbonyl (C=O) groups is 3.